The third kappa shape index (κ3) is 3.50. The van der Waals surface area contributed by atoms with Crippen molar-refractivity contribution in [2.24, 2.45) is 0 Å². The molecule has 2 rings (SSSR count). The predicted octanol–water partition coefficient (Wildman–Crippen LogP) is 4.14. The smallest absolute Gasteiger partial charge is 0.207 e. The molecule has 1 atom stereocenters. The number of aryl methyl sites for hydroxylation is 1. The fraction of sp³-hybridized carbons (Fsp3) is 0.231. The third-order valence-electron chi connectivity index (χ3n) is 2.86. The van der Waals surface area contributed by atoms with Gasteiger partial charge in [-0.2, -0.15) is 0 Å². The molecule has 1 heterocycles. The van der Waals surface area contributed by atoms with Crippen molar-refractivity contribution >= 4 is 37.3 Å². The molecular weight excluding hydrogens is 384 g/mol. The molecule has 0 fully saturated rings. The maximum atomic E-state index is 13.7. The van der Waals surface area contributed by atoms with E-state index in [1.165, 1.54) is 19.1 Å². The molecule has 0 aliphatic rings. The van der Waals surface area contributed by atoms with E-state index in [4.69, 9.17) is 0 Å². The van der Waals surface area contributed by atoms with Crippen LogP contribution in [0.15, 0.2) is 32.3 Å². The SMILES string of the molecule is Cc1cc(S(=O)(=O)NC(C)c2c(F)cccc2F)sc1Br. The van der Waals surface area contributed by atoms with E-state index < -0.39 is 27.7 Å². The maximum absolute atomic E-state index is 13.7. The highest BCUT2D eigenvalue weighted by Gasteiger charge is 2.24. The summed E-state index contributed by atoms with van der Waals surface area (Å²) in [5.41, 5.74) is 0.485. The van der Waals surface area contributed by atoms with E-state index in [1.807, 2.05) is 0 Å². The zero-order chi connectivity index (χ0) is 15.8. The van der Waals surface area contributed by atoms with Crippen LogP contribution >= 0.6 is 27.3 Å². The van der Waals surface area contributed by atoms with Crippen LogP contribution in [0.4, 0.5) is 8.78 Å². The van der Waals surface area contributed by atoms with Gasteiger partial charge in [0.2, 0.25) is 0 Å². The van der Waals surface area contributed by atoms with Gasteiger partial charge in [-0.15, -0.1) is 11.3 Å². The van der Waals surface area contributed by atoms with Crippen molar-refractivity contribution in [2.45, 2.75) is 24.1 Å². The van der Waals surface area contributed by atoms with Crippen molar-refractivity contribution in [3.63, 3.8) is 0 Å². The Morgan fingerprint density at radius 1 is 1.29 bits per heavy atom. The number of hydrogen-bond donors (Lipinski definition) is 1. The van der Waals surface area contributed by atoms with E-state index >= 15 is 0 Å². The van der Waals surface area contributed by atoms with Gasteiger partial charge in [0.15, 0.2) is 0 Å². The van der Waals surface area contributed by atoms with Gasteiger partial charge in [0.25, 0.3) is 10.0 Å². The summed E-state index contributed by atoms with van der Waals surface area (Å²) in [6, 6.07) is 3.90. The Bertz CT molecular complexity index is 735. The van der Waals surface area contributed by atoms with Gasteiger partial charge in [-0.3, -0.25) is 0 Å². The van der Waals surface area contributed by atoms with E-state index in [0.29, 0.717) is 3.79 Å². The average molecular weight is 396 g/mol. The van der Waals surface area contributed by atoms with E-state index in [1.54, 1.807) is 6.92 Å². The van der Waals surface area contributed by atoms with Gasteiger partial charge < -0.3 is 0 Å². The molecule has 1 N–H and O–H groups in total. The topological polar surface area (TPSA) is 46.2 Å². The molecule has 0 amide bonds. The van der Waals surface area contributed by atoms with Crippen LogP contribution in [-0.2, 0) is 10.0 Å². The molecule has 2 aromatic rings. The van der Waals surface area contributed by atoms with Crippen LogP contribution in [0.2, 0.25) is 0 Å². The Labute approximate surface area is 134 Å². The summed E-state index contributed by atoms with van der Waals surface area (Å²) in [5, 5.41) is 0. The number of benzene rings is 1. The molecule has 0 aliphatic carbocycles. The van der Waals surface area contributed by atoms with Gasteiger partial charge >= 0.3 is 0 Å². The van der Waals surface area contributed by atoms with Crippen molar-refractivity contribution in [3.8, 4) is 0 Å². The maximum Gasteiger partial charge on any atom is 0.250 e. The van der Waals surface area contributed by atoms with Crippen LogP contribution in [-0.4, -0.2) is 8.42 Å². The molecule has 1 aromatic heterocycles. The van der Waals surface area contributed by atoms with Gasteiger partial charge in [0, 0.05) is 11.6 Å². The van der Waals surface area contributed by atoms with Gasteiger partial charge in [0.05, 0.1) is 3.79 Å². The minimum absolute atomic E-state index is 0.0930. The molecule has 0 saturated heterocycles. The highest BCUT2D eigenvalue weighted by Crippen LogP contribution is 2.31. The van der Waals surface area contributed by atoms with Gasteiger partial charge in [-0.25, -0.2) is 21.9 Å². The number of halogens is 3. The van der Waals surface area contributed by atoms with Crippen LogP contribution in [0, 0.1) is 18.6 Å². The summed E-state index contributed by atoms with van der Waals surface area (Å²) in [4.78, 5) is 0. The van der Waals surface area contributed by atoms with Crippen molar-refractivity contribution in [2.75, 3.05) is 0 Å². The molecule has 0 spiro atoms. The number of rotatable bonds is 4. The first-order valence-corrected chi connectivity index (χ1v) is 9.04. The number of nitrogens with one attached hydrogen (secondary N) is 1. The van der Waals surface area contributed by atoms with E-state index in [9.17, 15) is 17.2 Å². The van der Waals surface area contributed by atoms with Crippen LogP contribution < -0.4 is 4.72 Å². The quantitative estimate of drug-likeness (QED) is 0.845. The lowest BCUT2D eigenvalue weighted by Gasteiger charge is -2.15. The molecule has 21 heavy (non-hydrogen) atoms. The summed E-state index contributed by atoms with van der Waals surface area (Å²) in [5.74, 6) is -1.57. The average Bonchev–Trinajstić information content (AvgIpc) is 2.69. The molecule has 0 bridgehead atoms. The number of thiophene rings is 1. The number of sulfonamides is 1. The van der Waals surface area contributed by atoms with Crippen LogP contribution in [0.1, 0.15) is 24.1 Å². The standard InChI is InChI=1S/C13H12BrF2NO2S2/c1-7-6-11(20-13(7)14)21(18,19)17-8(2)12-9(15)4-3-5-10(12)16/h3-6,8,17H,1-2H3. The zero-order valence-electron chi connectivity index (χ0n) is 11.2. The lowest BCUT2D eigenvalue weighted by atomic mass is 10.1. The summed E-state index contributed by atoms with van der Waals surface area (Å²) < 4.78 is 54.9. The Balaban J connectivity index is 2.32. The molecule has 114 valence electrons. The molecule has 0 radical (unpaired) electrons. The Morgan fingerprint density at radius 3 is 2.33 bits per heavy atom. The molecule has 1 unspecified atom stereocenters. The predicted molar refractivity (Wildman–Crippen MR) is 81.9 cm³/mol. The van der Waals surface area contributed by atoms with Crippen LogP contribution in [0.25, 0.3) is 0 Å². The van der Waals surface area contributed by atoms with Gasteiger partial charge in [-0.1, -0.05) is 6.07 Å². The lowest BCUT2D eigenvalue weighted by Crippen LogP contribution is -2.27. The van der Waals surface area contributed by atoms with Crippen molar-refractivity contribution < 1.29 is 17.2 Å². The monoisotopic (exact) mass is 395 g/mol. The third-order valence-corrected chi connectivity index (χ3v) is 7.02. The summed E-state index contributed by atoms with van der Waals surface area (Å²) in [7, 11) is -3.84. The second kappa shape index (κ2) is 6.12. The Hall–Kier alpha value is -0.830. The van der Waals surface area contributed by atoms with Crippen molar-refractivity contribution in [3.05, 3.63) is 50.8 Å². The summed E-state index contributed by atoms with van der Waals surface area (Å²) in [6.07, 6.45) is 0. The molecule has 8 heteroatoms. The largest absolute Gasteiger partial charge is 0.250 e. The van der Waals surface area contributed by atoms with E-state index in [0.717, 1.165) is 29.0 Å². The molecule has 3 nitrogen and oxygen atoms in total. The molecule has 1 aromatic carbocycles. The zero-order valence-corrected chi connectivity index (χ0v) is 14.4. The first-order chi connectivity index (χ1) is 9.72. The molecule has 0 saturated carbocycles. The highest BCUT2D eigenvalue weighted by atomic mass is 79.9. The number of hydrogen-bond acceptors (Lipinski definition) is 3. The summed E-state index contributed by atoms with van der Waals surface area (Å²) in [6.45, 7) is 3.16. The fourth-order valence-electron chi connectivity index (χ4n) is 1.84. The summed E-state index contributed by atoms with van der Waals surface area (Å²) >= 11 is 4.29. The first-order valence-electron chi connectivity index (χ1n) is 5.94. The Morgan fingerprint density at radius 2 is 1.86 bits per heavy atom. The van der Waals surface area contributed by atoms with Gasteiger partial charge in [-0.05, 0) is 53.5 Å². The van der Waals surface area contributed by atoms with Crippen LogP contribution in [0.3, 0.4) is 0 Å². The van der Waals surface area contributed by atoms with Crippen molar-refractivity contribution in [1.82, 2.24) is 4.72 Å². The second-order valence-corrected chi connectivity index (χ2v) is 8.81. The molecule has 0 aliphatic heterocycles. The van der Waals surface area contributed by atoms with Crippen molar-refractivity contribution in [1.29, 1.82) is 0 Å². The fourth-order valence-corrected chi connectivity index (χ4v) is 5.29. The van der Waals surface area contributed by atoms with Crippen LogP contribution in [0.5, 0.6) is 0 Å². The highest BCUT2D eigenvalue weighted by molar-refractivity contribution is 9.11. The Kier molecular flexibility index (Phi) is 4.82. The minimum Gasteiger partial charge on any atom is -0.207 e. The second-order valence-electron chi connectivity index (χ2n) is 4.50. The minimum atomic E-state index is -3.84. The van der Waals surface area contributed by atoms with E-state index in [-0.39, 0.29) is 9.77 Å². The van der Waals surface area contributed by atoms with Gasteiger partial charge in [0.1, 0.15) is 15.8 Å². The lowest BCUT2D eigenvalue weighted by molar-refractivity contribution is 0.515. The molecular formula is C13H12BrF2NO2S2. The first kappa shape index (κ1) is 16.5. The normalized spacial score (nSPS) is 13.4. The van der Waals surface area contributed by atoms with E-state index in [2.05, 4.69) is 20.7 Å².